The quantitative estimate of drug-likeness (QED) is 0.617. The first-order valence-electron chi connectivity index (χ1n) is 9.46. The second-order valence-corrected chi connectivity index (χ2v) is 7.46. The molecule has 0 bridgehead atoms. The van der Waals surface area contributed by atoms with Gasteiger partial charge in [-0.05, 0) is 48.0 Å². The molecule has 4 rings (SSSR count). The number of nitrogens with one attached hydrogen (secondary N) is 2. The maximum absolute atomic E-state index is 13.2. The summed E-state index contributed by atoms with van der Waals surface area (Å²) >= 11 is 6.14. The Hall–Kier alpha value is -3.38. The van der Waals surface area contributed by atoms with E-state index in [0.717, 1.165) is 5.56 Å². The minimum absolute atomic E-state index is 0.0759. The van der Waals surface area contributed by atoms with Crippen LogP contribution in [0, 0.1) is 5.82 Å². The molecule has 1 unspecified atom stereocenters. The fourth-order valence-electron chi connectivity index (χ4n) is 3.41. The maximum atomic E-state index is 13.2. The van der Waals surface area contributed by atoms with Crippen LogP contribution in [0.2, 0.25) is 5.02 Å². The summed E-state index contributed by atoms with van der Waals surface area (Å²) in [4.78, 5) is 27.4. The first-order chi connectivity index (χ1) is 14.5. The molecule has 30 heavy (non-hydrogen) atoms. The molecule has 0 saturated carbocycles. The second kappa shape index (κ2) is 8.55. The van der Waals surface area contributed by atoms with Gasteiger partial charge < -0.3 is 15.5 Å². The van der Waals surface area contributed by atoms with Crippen molar-refractivity contribution in [3.05, 3.63) is 89.2 Å². The normalized spacial score (nSPS) is 15.3. The number of carbonyl (C=O) groups is 2. The Balaban J connectivity index is 1.55. The summed E-state index contributed by atoms with van der Waals surface area (Å²) in [5.41, 5.74) is 2.85. The molecule has 1 atom stereocenters. The predicted molar refractivity (Wildman–Crippen MR) is 116 cm³/mol. The van der Waals surface area contributed by atoms with Crippen LogP contribution in [0.4, 0.5) is 21.5 Å². The van der Waals surface area contributed by atoms with Crippen LogP contribution in [0.25, 0.3) is 0 Å². The zero-order valence-corrected chi connectivity index (χ0v) is 16.7. The molecule has 1 aliphatic heterocycles. The summed E-state index contributed by atoms with van der Waals surface area (Å²) < 4.78 is 13.1. The molecule has 3 aromatic rings. The number of hydrogen-bond donors (Lipinski definition) is 2. The van der Waals surface area contributed by atoms with Gasteiger partial charge in [-0.1, -0.05) is 41.9 Å². The number of amides is 2. The first kappa shape index (κ1) is 19.9. The lowest BCUT2D eigenvalue weighted by atomic mass is 10.0. The largest absolute Gasteiger partial charge is 0.372 e. The zero-order valence-electron chi connectivity index (χ0n) is 15.9. The molecule has 0 aromatic heterocycles. The van der Waals surface area contributed by atoms with Crippen LogP contribution in [-0.4, -0.2) is 17.9 Å². The summed E-state index contributed by atoms with van der Waals surface area (Å²) in [6.07, 6.45) is -0.0759. The van der Waals surface area contributed by atoms with E-state index in [-0.39, 0.29) is 24.1 Å². The van der Waals surface area contributed by atoms with E-state index in [1.165, 1.54) is 24.3 Å². The van der Waals surface area contributed by atoms with Crippen LogP contribution in [0.5, 0.6) is 0 Å². The van der Waals surface area contributed by atoms with Gasteiger partial charge >= 0.3 is 0 Å². The molecular formula is C23H19ClFN3O2. The Morgan fingerprint density at radius 2 is 1.80 bits per heavy atom. The number of halogens is 2. The third kappa shape index (κ3) is 4.44. The number of fused-ring (bicyclic) bond motifs is 1. The van der Waals surface area contributed by atoms with E-state index in [9.17, 15) is 14.0 Å². The summed E-state index contributed by atoms with van der Waals surface area (Å²) in [5, 5.41) is 6.36. The third-order valence-corrected chi connectivity index (χ3v) is 5.08. The highest BCUT2D eigenvalue weighted by Gasteiger charge is 2.34. The van der Waals surface area contributed by atoms with E-state index in [1.807, 2.05) is 30.3 Å². The molecule has 7 heteroatoms. The van der Waals surface area contributed by atoms with E-state index in [2.05, 4.69) is 10.6 Å². The molecule has 3 aromatic carbocycles. The van der Waals surface area contributed by atoms with Crippen LogP contribution >= 0.6 is 11.6 Å². The van der Waals surface area contributed by atoms with E-state index in [0.29, 0.717) is 28.6 Å². The van der Waals surface area contributed by atoms with Crippen LogP contribution in [-0.2, 0) is 16.1 Å². The maximum Gasteiger partial charge on any atom is 0.250 e. The highest BCUT2D eigenvalue weighted by molar-refractivity contribution is 6.31. The van der Waals surface area contributed by atoms with Gasteiger partial charge in [0.25, 0.3) is 0 Å². The van der Waals surface area contributed by atoms with Gasteiger partial charge in [-0.25, -0.2) is 4.39 Å². The van der Waals surface area contributed by atoms with Gasteiger partial charge in [0.2, 0.25) is 11.8 Å². The smallest absolute Gasteiger partial charge is 0.250 e. The van der Waals surface area contributed by atoms with Gasteiger partial charge in [-0.3, -0.25) is 9.59 Å². The SMILES string of the molecule is O=C(CC1Nc2cc(Cl)ccc2N(Cc2ccccc2)C1=O)Nc1ccc(F)cc1. The monoisotopic (exact) mass is 423 g/mol. The van der Waals surface area contributed by atoms with Crippen LogP contribution in [0.1, 0.15) is 12.0 Å². The van der Waals surface area contributed by atoms with Crippen LogP contribution in [0.15, 0.2) is 72.8 Å². The fourth-order valence-corrected chi connectivity index (χ4v) is 3.59. The molecule has 1 heterocycles. The minimum atomic E-state index is -0.750. The predicted octanol–water partition coefficient (Wildman–Crippen LogP) is 4.84. The molecule has 1 aliphatic rings. The molecule has 0 saturated heterocycles. The van der Waals surface area contributed by atoms with Crippen molar-refractivity contribution >= 4 is 40.5 Å². The summed E-state index contributed by atoms with van der Waals surface area (Å²) in [6.45, 7) is 0.381. The van der Waals surface area contributed by atoms with Gasteiger partial charge in [-0.15, -0.1) is 0 Å². The zero-order chi connectivity index (χ0) is 21.1. The number of hydrogen-bond acceptors (Lipinski definition) is 3. The molecule has 152 valence electrons. The molecular weight excluding hydrogens is 405 g/mol. The van der Waals surface area contributed by atoms with E-state index in [1.54, 1.807) is 23.1 Å². The Morgan fingerprint density at radius 3 is 2.53 bits per heavy atom. The lowest BCUT2D eigenvalue weighted by Gasteiger charge is -2.35. The number of nitrogens with zero attached hydrogens (tertiary/aromatic N) is 1. The summed E-state index contributed by atoms with van der Waals surface area (Å²) in [7, 11) is 0. The first-order valence-corrected chi connectivity index (χ1v) is 9.84. The lowest BCUT2D eigenvalue weighted by Crippen LogP contribution is -2.48. The van der Waals surface area contributed by atoms with Gasteiger partial charge in [0, 0.05) is 10.7 Å². The van der Waals surface area contributed by atoms with Gasteiger partial charge in [0.1, 0.15) is 11.9 Å². The van der Waals surface area contributed by atoms with Crippen molar-refractivity contribution in [3.63, 3.8) is 0 Å². The average Bonchev–Trinajstić information content (AvgIpc) is 2.73. The van der Waals surface area contributed by atoms with Crippen molar-refractivity contribution in [1.29, 1.82) is 0 Å². The van der Waals surface area contributed by atoms with Gasteiger partial charge in [-0.2, -0.15) is 0 Å². The van der Waals surface area contributed by atoms with E-state index < -0.39 is 6.04 Å². The summed E-state index contributed by atoms with van der Waals surface area (Å²) in [6, 6.07) is 19.6. The Morgan fingerprint density at radius 1 is 1.07 bits per heavy atom. The molecule has 0 spiro atoms. The topological polar surface area (TPSA) is 61.4 Å². The second-order valence-electron chi connectivity index (χ2n) is 7.03. The lowest BCUT2D eigenvalue weighted by molar-refractivity contribution is -0.123. The van der Waals surface area contributed by atoms with E-state index in [4.69, 9.17) is 11.6 Å². The van der Waals surface area contributed by atoms with Crippen molar-refractivity contribution in [3.8, 4) is 0 Å². The molecule has 0 aliphatic carbocycles. The van der Waals surface area contributed by atoms with Crippen molar-refractivity contribution in [2.24, 2.45) is 0 Å². The van der Waals surface area contributed by atoms with Crippen molar-refractivity contribution < 1.29 is 14.0 Å². The van der Waals surface area contributed by atoms with Gasteiger partial charge in [0.15, 0.2) is 0 Å². The van der Waals surface area contributed by atoms with Crippen molar-refractivity contribution in [1.82, 2.24) is 0 Å². The van der Waals surface area contributed by atoms with Crippen LogP contribution in [0.3, 0.4) is 0 Å². The minimum Gasteiger partial charge on any atom is -0.372 e. The fraction of sp³-hybridized carbons (Fsp3) is 0.130. The number of rotatable bonds is 5. The average molecular weight is 424 g/mol. The number of carbonyl (C=O) groups excluding carboxylic acids is 2. The van der Waals surface area contributed by atoms with Crippen molar-refractivity contribution in [2.45, 2.75) is 19.0 Å². The molecule has 5 nitrogen and oxygen atoms in total. The van der Waals surface area contributed by atoms with Gasteiger partial charge in [0.05, 0.1) is 24.3 Å². The molecule has 2 amide bonds. The Kier molecular flexibility index (Phi) is 5.68. The highest BCUT2D eigenvalue weighted by Crippen LogP contribution is 2.35. The number of benzene rings is 3. The highest BCUT2D eigenvalue weighted by atomic mass is 35.5. The van der Waals surface area contributed by atoms with E-state index >= 15 is 0 Å². The molecule has 0 fully saturated rings. The Bertz CT molecular complexity index is 1070. The Labute approximate surface area is 178 Å². The van der Waals surface area contributed by atoms with Crippen molar-refractivity contribution in [2.75, 3.05) is 15.5 Å². The third-order valence-electron chi connectivity index (χ3n) is 4.84. The number of anilines is 3. The van der Waals surface area contributed by atoms with Crippen LogP contribution < -0.4 is 15.5 Å². The summed E-state index contributed by atoms with van der Waals surface area (Å²) in [5.74, 6) is -0.942. The standard InChI is InChI=1S/C23H19ClFN3O2/c24-16-6-11-21-19(12-16)27-20(13-22(29)26-18-9-7-17(25)8-10-18)23(30)28(21)14-15-4-2-1-3-5-15/h1-12,20,27H,13-14H2,(H,26,29). The molecule has 0 radical (unpaired) electrons. The molecule has 2 N–H and O–H groups in total.